The minimum absolute atomic E-state index is 0.881. The standard InChI is InChI=1S/C7H7Br2N/c1-2-5-3-4-6(8)7(9)10-5/h3-4H,2H2,1H3. The van der Waals surface area contributed by atoms with E-state index in [2.05, 4.69) is 43.8 Å². The number of rotatable bonds is 1. The molecule has 0 aliphatic carbocycles. The van der Waals surface area contributed by atoms with Gasteiger partial charge in [-0.3, -0.25) is 0 Å². The third kappa shape index (κ3) is 1.80. The largest absolute Gasteiger partial charge is 0.245 e. The normalized spacial score (nSPS) is 9.90. The number of hydrogen-bond donors (Lipinski definition) is 0. The molecule has 0 aliphatic rings. The Balaban J connectivity index is 3.04. The zero-order chi connectivity index (χ0) is 7.56. The average molecular weight is 265 g/mol. The van der Waals surface area contributed by atoms with Gasteiger partial charge in [-0.1, -0.05) is 6.92 Å². The first-order valence-electron chi connectivity index (χ1n) is 3.05. The Kier molecular flexibility index (Phi) is 2.86. The molecule has 1 aromatic heterocycles. The molecule has 0 atom stereocenters. The Morgan fingerprint density at radius 1 is 1.40 bits per heavy atom. The van der Waals surface area contributed by atoms with E-state index in [1.54, 1.807) is 0 Å². The summed E-state index contributed by atoms with van der Waals surface area (Å²) in [6.45, 7) is 2.09. The number of aromatic nitrogens is 1. The van der Waals surface area contributed by atoms with E-state index >= 15 is 0 Å². The van der Waals surface area contributed by atoms with Gasteiger partial charge in [0.1, 0.15) is 4.60 Å². The molecule has 0 N–H and O–H groups in total. The van der Waals surface area contributed by atoms with E-state index in [1.807, 2.05) is 12.1 Å². The highest BCUT2D eigenvalue weighted by atomic mass is 79.9. The molecule has 0 bridgehead atoms. The van der Waals surface area contributed by atoms with Crippen molar-refractivity contribution in [3.8, 4) is 0 Å². The molecule has 1 nitrogen and oxygen atoms in total. The summed E-state index contributed by atoms with van der Waals surface area (Å²) in [5.41, 5.74) is 1.11. The van der Waals surface area contributed by atoms with Crippen molar-refractivity contribution < 1.29 is 0 Å². The van der Waals surface area contributed by atoms with E-state index in [0.717, 1.165) is 21.2 Å². The van der Waals surface area contributed by atoms with Crippen LogP contribution < -0.4 is 0 Å². The first kappa shape index (κ1) is 8.21. The molecule has 10 heavy (non-hydrogen) atoms. The van der Waals surface area contributed by atoms with Crippen LogP contribution in [-0.2, 0) is 6.42 Å². The van der Waals surface area contributed by atoms with Crippen molar-refractivity contribution in [1.82, 2.24) is 4.98 Å². The van der Waals surface area contributed by atoms with Gasteiger partial charge in [0.25, 0.3) is 0 Å². The van der Waals surface area contributed by atoms with E-state index < -0.39 is 0 Å². The van der Waals surface area contributed by atoms with E-state index in [1.165, 1.54) is 0 Å². The molecule has 1 aromatic rings. The van der Waals surface area contributed by atoms with E-state index in [-0.39, 0.29) is 0 Å². The van der Waals surface area contributed by atoms with Crippen LogP contribution in [0.1, 0.15) is 12.6 Å². The fraction of sp³-hybridized carbons (Fsp3) is 0.286. The molecular weight excluding hydrogens is 258 g/mol. The average Bonchev–Trinajstić information content (AvgIpc) is 1.95. The molecule has 54 valence electrons. The summed E-state index contributed by atoms with van der Waals surface area (Å²) in [7, 11) is 0. The topological polar surface area (TPSA) is 12.9 Å². The first-order valence-corrected chi connectivity index (χ1v) is 4.63. The fourth-order valence-electron chi connectivity index (χ4n) is 0.652. The van der Waals surface area contributed by atoms with Crippen LogP contribution in [0.15, 0.2) is 21.2 Å². The summed E-state index contributed by atoms with van der Waals surface area (Å²) in [6.07, 6.45) is 0.978. The lowest BCUT2D eigenvalue weighted by molar-refractivity contribution is 1.02. The Morgan fingerprint density at radius 3 is 2.60 bits per heavy atom. The summed E-state index contributed by atoms with van der Waals surface area (Å²) >= 11 is 6.68. The number of nitrogens with zero attached hydrogens (tertiary/aromatic N) is 1. The molecular formula is C7H7Br2N. The number of aryl methyl sites for hydroxylation is 1. The molecule has 0 unspecified atom stereocenters. The minimum atomic E-state index is 0.881. The monoisotopic (exact) mass is 263 g/mol. The van der Waals surface area contributed by atoms with Crippen molar-refractivity contribution in [2.75, 3.05) is 0 Å². The van der Waals surface area contributed by atoms with Gasteiger partial charge in [0, 0.05) is 5.69 Å². The molecule has 0 spiro atoms. The highest BCUT2D eigenvalue weighted by molar-refractivity contribution is 9.13. The van der Waals surface area contributed by atoms with Crippen molar-refractivity contribution in [1.29, 1.82) is 0 Å². The van der Waals surface area contributed by atoms with Gasteiger partial charge in [-0.05, 0) is 50.4 Å². The van der Waals surface area contributed by atoms with Crippen molar-refractivity contribution in [3.63, 3.8) is 0 Å². The number of pyridine rings is 1. The second-order valence-electron chi connectivity index (χ2n) is 1.93. The van der Waals surface area contributed by atoms with E-state index in [4.69, 9.17) is 0 Å². The molecule has 0 saturated carbocycles. The van der Waals surface area contributed by atoms with Crippen LogP contribution in [0.5, 0.6) is 0 Å². The molecule has 0 amide bonds. The predicted octanol–water partition coefficient (Wildman–Crippen LogP) is 3.17. The quantitative estimate of drug-likeness (QED) is 0.710. The zero-order valence-corrected chi connectivity index (χ0v) is 8.74. The Morgan fingerprint density at radius 2 is 2.10 bits per heavy atom. The van der Waals surface area contributed by atoms with Gasteiger partial charge in [-0.15, -0.1) is 0 Å². The zero-order valence-electron chi connectivity index (χ0n) is 5.56. The van der Waals surface area contributed by atoms with Crippen LogP contribution in [0.25, 0.3) is 0 Å². The lowest BCUT2D eigenvalue weighted by Crippen LogP contribution is -1.86. The van der Waals surface area contributed by atoms with Gasteiger partial charge in [0.05, 0.1) is 4.47 Å². The van der Waals surface area contributed by atoms with Crippen LogP contribution in [0.4, 0.5) is 0 Å². The maximum atomic E-state index is 4.26. The molecule has 0 aliphatic heterocycles. The highest BCUT2D eigenvalue weighted by Crippen LogP contribution is 2.20. The summed E-state index contributed by atoms with van der Waals surface area (Å²) in [5, 5.41) is 0. The number of hydrogen-bond acceptors (Lipinski definition) is 1. The lowest BCUT2D eigenvalue weighted by Gasteiger charge is -1.97. The molecule has 1 heterocycles. The predicted molar refractivity (Wildman–Crippen MR) is 49.0 cm³/mol. The maximum Gasteiger partial charge on any atom is 0.120 e. The summed E-state index contributed by atoms with van der Waals surface area (Å²) in [5.74, 6) is 0. The van der Waals surface area contributed by atoms with E-state index in [0.29, 0.717) is 0 Å². The molecule has 0 fully saturated rings. The van der Waals surface area contributed by atoms with Crippen LogP contribution in [-0.4, -0.2) is 4.98 Å². The van der Waals surface area contributed by atoms with Gasteiger partial charge >= 0.3 is 0 Å². The second-order valence-corrected chi connectivity index (χ2v) is 3.53. The SMILES string of the molecule is CCc1ccc(Br)c(Br)n1. The van der Waals surface area contributed by atoms with Crippen molar-refractivity contribution in [2.45, 2.75) is 13.3 Å². The van der Waals surface area contributed by atoms with Crippen molar-refractivity contribution >= 4 is 31.9 Å². The van der Waals surface area contributed by atoms with Crippen molar-refractivity contribution in [3.05, 3.63) is 26.9 Å². The highest BCUT2D eigenvalue weighted by Gasteiger charge is 1.96. The van der Waals surface area contributed by atoms with Crippen LogP contribution in [0, 0.1) is 0 Å². The molecule has 1 rings (SSSR count). The fourth-order valence-corrected chi connectivity index (χ4v) is 1.23. The lowest BCUT2D eigenvalue weighted by atomic mass is 10.3. The summed E-state index contributed by atoms with van der Waals surface area (Å²) < 4.78 is 1.89. The summed E-state index contributed by atoms with van der Waals surface area (Å²) in [4.78, 5) is 4.26. The third-order valence-corrected chi connectivity index (χ3v) is 3.00. The summed E-state index contributed by atoms with van der Waals surface area (Å²) in [6, 6.07) is 4.00. The Labute approximate surface area is 77.1 Å². The van der Waals surface area contributed by atoms with Gasteiger partial charge in [-0.2, -0.15) is 0 Å². The minimum Gasteiger partial charge on any atom is -0.245 e. The van der Waals surface area contributed by atoms with Gasteiger partial charge in [0.15, 0.2) is 0 Å². The molecule has 0 saturated heterocycles. The maximum absolute atomic E-state index is 4.26. The van der Waals surface area contributed by atoms with Gasteiger partial charge in [0.2, 0.25) is 0 Å². The van der Waals surface area contributed by atoms with Crippen molar-refractivity contribution in [2.24, 2.45) is 0 Å². The Hall–Kier alpha value is 0.110. The number of halogens is 2. The molecule has 3 heteroatoms. The van der Waals surface area contributed by atoms with Gasteiger partial charge < -0.3 is 0 Å². The smallest absolute Gasteiger partial charge is 0.120 e. The first-order chi connectivity index (χ1) is 4.74. The Bertz CT molecular complexity index is 235. The van der Waals surface area contributed by atoms with Gasteiger partial charge in [-0.25, -0.2) is 4.98 Å². The van der Waals surface area contributed by atoms with Crippen LogP contribution >= 0.6 is 31.9 Å². The molecule has 0 aromatic carbocycles. The second kappa shape index (κ2) is 3.49. The molecule has 0 radical (unpaired) electrons. The van der Waals surface area contributed by atoms with E-state index in [9.17, 15) is 0 Å². The van der Waals surface area contributed by atoms with Crippen LogP contribution in [0.3, 0.4) is 0 Å². The van der Waals surface area contributed by atoms with Crippen LogP contribution in [0.2, 0.25) is 0 Å². The third-order valence-electron chi connectivity index (χ3n) is 1.22.